The highest BCUT2D eigenvalue weighted by molar-refractivity contribution is 7.91. The third kappa shape index (κ3) is 4.49. The number of fused-ring (bicyclic) bond motifs is 1. The lowest BCUT2D eigenvalue weighted by Crippen LogP contribution is -2.38. The van der Waals surface area contributed by atoms with Crippen molar-refractivity contribution in [2.24, 2.45) is 0 Å². The number of nitrogens with zero attached hydrogens (tertiary/aromatic N) is 3. The van der Waals surface area contributed by atoms with E-state index in [9.17, 15) is 22.0 Å². The molecule has 3 fully saturated rings. The van der Waals surface area contributed by atoms with E-state index in [4.69, 9.17) is 9.47 Å². The number of halogens is 2. The summed E-state index contributed by atoms with van der Waals surface area (Å²) in [4.78, 5) is 19.0. The monoisotopic (exact) mass is 546 g/mol. The highest BCUT2D eigenvalue weighted by Gasteiger charge is 2.51. The van der Waals surface area contributed by atoms with Gasteiger partial charge in [-0.3, -0.25) is 9.20 Å². The molecule has 202 valence electrons. The van der Waals surface area contributed by atoms with Crippen LogP contribution in [-0.4, -0.2) is 60.5 Å². The van der Waals surface area contributed by atoms with Crippen LogP contribution in [0.5, 0.6) is 5.75 Å². The fraction of sp³-hybridized carbons (Fsp3) is 0.462. The van der Waals surface area contributed by atoms with Crippen molar-refractivity contribution in [2.45, 2.75) is 55.7 Å². The molecule has 3 atom stereocenters. The summed E-state index contributed by atoms with van der Waals surface area (Å²) in [5.41, 5.74) is 1.58. The average Bonchev–Trinajstić information content (AvgIpc) is 3.24. The van der Waals surface area contributed by atoms with E-state index in [0.29, 0.717) is 55.1 Å². The van der Waals surface area contributed by atoms with Gasteiger partial charge in [0.05, 0.1) is 35.9 Å². The molecule has 38 heavy (non-hydrogen) atoms. The Morgan fingerprint density at radius 1 is 1.26 bits per heavy atom. The van der Waals surface area contributed by atoms with E-state index in [-0.39, 0.29) is 24.8 Å². The van der Waals surface area contributed by atoms with Crippen LogP contribution in [0.1, 0.15) is 54.7 Å². The number of carbonyl (C=O) groups excluding carboxylic acids is 1. The summed E-state index contributed by atoms with van der Waals surface area (Å²) < 4.78 is 68.6. The molecule has 9 nitrogen and oxygen atoms in total. The molecule has 0 bridgehead atoms. The zero-order valence-electron chi connectivity index (χ0n) is 20.8. The molecule has 12 heteroatoms. The van der Waals surface area contributed by atoms with Gasteiger partial charge in [-0.15, -0.1) is 0 Å². The maximum absolute atomic E-state index is 14.9. The van der Waals surface area contributed by atoms with Crippen molar-refractivity contribution in [1.29, 1.82) is 0 Å². The van der Waals surface area contributed by atoms with Crippen molar-refractivity contribution in [1.82, 2.24) is 14.1 Å². The van der Waals surface area contributed by atoms with Gasteiger partial charge in [0, 0.05) is 31.1 Å². The number of pyridine rings is 1. The number of alkyl halides is 1. The molecule has 6 rings (SSSR count). The van der Waals surface area contributed by atoms with E-state index < -0.39 is 38.7 Å². The van der Waals surface area contributed by atoms with Crippen LogP contribution in [0.3, 0.4) is 0 Å². The summed E-state index contributed by atoms with van der Waals surface area (Å²) in [7, 11) is -3.84. The molecule has 2 aliphatic heterocycles. The van der Waals surface area contributed by atoms with Crippen LogP contribution >= 0.6 is 0 Å². The molecular formula is C26H28F2N4O5S. The maximum atomic E-state index is 14.9. The first-order valence-electron chi connectivity index (χ1n) is 12.6. The second-order valence-corrected chi connectivity index (χ2v) is 12.6. The quantitative estimate of drug-likeness (QED) is 0.484. The van der Waals surface area contributed by atoms with E-state index in [1.165, 1.54) is 22.7 Å². The number of hydrogen-bond acceptors (Lipinski definition) is 7. The summed E-state index contributed by atoms with van der Waals surface area (Å²) in [6, 6.07) is 7.16. The van der Waals surface area contributed by atoms with Crippen LogP contribution in [0.15, 0.2) is 42.7 Å². The average molecular weight is 547 g/mol. The number of aromatic nitrogens is 2. The summed E-state index contributed by atoms with van der Waals surface area (Å²) >= 11 is 0. The Bertz CT molecular complexity index is 1500. The first-order chi connectivity index (χ1) is 18.1. The summed E-state index contributed by atoms with van der Waals surface area (Å²) in [6.45, 7) is 2.68. The number of amides is 1. The van der Waals surface area contributed by atoms with E-state index >= 15 is 0 Å². The SMILES string of the molecule is CC1(S(=O)(=O)NC(=O)c2cnc3ccc(N4CC(F)CC4c4cc(F)ccc4OC4CCOC4)cn23)CC1. The minimum absolute atomic E-state index is 0.0400. The van der Waals surface area contributed by atoms with Crippen molar-refractivity contribution < 1.29 is 31.5 Å². The normalized spacial score (nSPS) is 24.6. The van der Waals surface area contributed by atoms with Crippen LogP contribution in [-0.2, 0) is 14.8 Å². The number of imidazole rings is 1. The number of benzene rings is 1. The van der Waals surface area contributed by atoms with Crippen LogP contribution in [0.4, 0.5) is 14.5 Å². The zero-order valence-corrected chi connectivity index (χ0v) is 21.6. The largest absolute Gasteiger partial charge is 0.488 e. The van der Waals surface area contributed by atoms with Gasteiger partial charge in [0.15, 0.2) is 0 Å². The molecule has 3 aromatic rings. The Balaban J connectivity index is 1.33. The molecule has 1 aromatic carbocycles. The molecule has 2 saturated heterocycles. The van der Waals surface area contributed by atoms with E-state index in [1.807, 2.05) is 0 Å². The van der Waals surface area contributed by atoms with Gasteiger partial charge in [-0.25, -0.2) is 26.9 Å². The molecule has 2 aromatic heterocycles. The van der Waals surface area contributed by atoms with Crippen molar-refractivity contribution in [2.75, 3.05) is 24.7 Å². The van der Waals surface area contributed by atoms with Gasteiger partial charge in [-0.05, 0) is 50.1 Å². The first kappa shape index (κ1) is 25.1. The number of anilines is 1. The van der Waals surface area contributed by atoms with Crippen LogP contribution in [0.2, 0.25) is 0 Å². The van der Waals surface area contributed by atoms with Gasteiger partial charge in [0.2, 0.25) is 10.0 Å². The number of rotatable bonds is 7. The molecular weight excluding hydrogens is 518 g/mol. The Hall–Kier alpha value is -3.25. The van der Waals surface area contributed by atoms with Gasteiger partial charge in [0.25, 0.3) is 5.91 Å². The molecule has 4 heterocycles. The molecule has 0 radical (unpaired) electrons. The predicted molar refractivity (Wildman–Crippen MR) is 135 cm³/mol. The van der Waals surface area contributed by atoms with Gasteiger partial charge in [0.1, 0.15) is 35.2 Å². The van der Waals surface area contributed by atoms with Crippen molar-refractivity contribution in [3.8, 4) is 5.75 Å². The molecule has 0 spiro atoms. The van der Waals surface area contributed by atoms with Crippen molar-refractivity contribution in [3.05, 3.63) is 59.8 Å². The van der Waals surface area contributed by atoms with Crippen LogP contribution in [0.25, 0.3) is 5.65 Å². The summed E-state index contributed by atoms with van der Waals surface area (Å²) in [5, 5.41) is 0. The van der Waals surface area contributed by atoms with Crippen LogP contribution < -0.4 is 14.4 Å². The predicted octanol–water partition coefficient (Wildman–Crippen LogP) is 3.54. The second kappa shape index (κ2) is 9.19. The number of nitrogens with one attached hydrogen (secondary N) is 1. The van der Waals surface area contributed by atoms with Gasteiger partial charge in [-0.1, -0.05) is 0 Å². The lowest BCUT2D eigenvalue weighted by atomic mass is 10.0. The maximum Gasteiger partial charge on any atom is 0.283 e. The molecule has 1 amide bonds. The van der Waals surface area contributed by atoms with Crippen molar-refractivity contribution in [3.63, 3.8) is 0 Å². The molecule has 3 unspecified atom stereocenters. The number of sulfonamides is 1. The molecule has 1 saturated carbocycles. The van der Waals surface area contributed by atoms with Gasteiger partial charge in [-0.2, -0.15) is 0 Å². The van der Waals surface area contributed by atoms with E-state index in [0.717, 1.165) is 0 Å². The van der Waals surface area contributed by atoms with E-state index in [2.05, 4.69) is 9.71 Å². The lowest BCUT2D eigenvalue weighted by molar-refractivity contribution is 0.0975. The number of carbonyl (C=O) groups is 1. The Kier molecular flexibility index (Phi) is 6.06. The standard InChI is InChI=1S/C26H28F2N4O5S/c1-26(7-8-26)38(34,35)30-25(33)22-12-29-24-5-3-18(14-32(22)24)31-13-17(28)11-21(31)20-10-16(27)2-4-23(20)37-19-6-9-36-15-19/h2-5,10,12,14,17,19,21H,6-9,11,13,15H2,1H3,(H,30,33). The molecule has 1 aliphatic carbocycles. The van der Waals surface area contributed by atoms with Gasteiger partial charge < -0.3 is 14.4 Å². The zero-order chi connectivity index (χ0) is 26.7. The van der Waals surface area contributed by atoms with Crippen LogP contribution in [0, 0.1) is 5.82 Å². The Morgan fingerprint density at radius 3 is 2.82 bits per heavy atom. The van der Waals surface area contributed by atoms with Crippen molar-refractivity contribution >= 4 is 27.3 Å². The summed E-state index contributed by atoms with van der Waals surface area (Å²) in [6.07, 6.45) is 3.44. The topological polar surface area (TPSA) is 102 Å². The third-order valence-corrected chi connectivity index (χ3v) is 9.81. The summed E-state index contributed by atoms with van der Waals surface area (Å²) in [5.74, 6) is -0.760. The number of ether oxygens (including phenoxy) is 2. The fourth-order valence-corrected chi connectivity index (χ4v) is 6.32. The molecule has 1 N–H and O–H groups in total. The molecule has 3 aliphatic rings. The van der Waals surface area contributed by atoms with Gasteiger partial charge >= 0.3 is 0 Å². The fourth-order valence-electron chi connectivity index (χ4n) is 5.09. The first-order valence-corrected chi connectivity index (χ1v) is 14.1. The highest BCUT2D eigenvalue weighted by atomic mass is 32.2. The van der Waals surface area contributed by atoms with E-state index in [1.54, 1.807) is 36.2 Å². The minimum Gasteiger partial charge on any atom is -0.488 e. The Labute approximate surface area is 218 Å². The minimum atomic E-state index is -3.84. The number of hydrogen-bond donors (Lipinski definition) is 1. The second-order valence-electron chi connectivity index (χ2n) is 10.4. The highest BCUT2D eigenvalue weighted by Crippen LogP contribution is 2.43. The lowest BCUT2D eigenvalue weighted by Gasteiger charge is -2.29. The Morgan fingerprint density at radius 2 is 2.08 bits per heavy atom. The third-order valence-electron chi connectivity index (χ3n) is 7.65. The smallest absolute Gasteiger partial charge is 0.283 e.